The highest BCUT2D eigenvalue weighted by Gasteiger charge is 2.12. The molecule has 2 heterocycles. The first kappa shape index (κ1) is 23.0. The molecule has 0 spiro atoms. The molecule has 0 radical (unpaired) electrons. The van der Waals surface area contributed by atoms with Crippen molar-refractivity contribution in [3.05, 3.63) is 99.7 Å². The third-order valence-corrected chi connectivity index (χ3v) is 6.26. The average Bonchev–Trinajstić information content (AvgIpc) is 3.47. The molecule has 0 fully saturated rings. The van der Waals surface area contributed by atoms with Crippen molar-refractivity contribution in [2.45, 2.75) is 13.8 Å². The van der Waals surface area contributed by atoms with Gasteiger partial charge in [-0.2, -0.15) is 0 Å². The third kappa shape index (κ3) is 4.87. The molecule has 0 unspecified atom stereocenters. The number of carbonyl (C=O) groups excluding carboxylic acids is 1. The molecule has 0 aliphatic heterocycles. The summed E-state index contributed by atoms with van der Waals surface area (Å²) in [4.78, 5) is 17.1. The second-order valence-electron chi connectivity index (χ2n) is 8.16. The minimum atomic E-state index is -0.301. The van der Waals surface area contributed by atoms with E-state index in [0.717, 1.165) is 27.8 Å². The summed E-state index contributed by atoms with van der Waals surface area (Å²) in [5, 5.41) is 3.72. The monoisotopic (exact) mass is 502 g/mol. The topological polar surface area (TPSA) is 68.3 Å². The highest BCUT2D eigenvalue weighted by atomic mass is 35.5. The van der Waals surface area contributed by atoms with E-state index in [4.69, 9.17) is 32.0 Å². The number of hydrogen-bond acceptors (Lipinski definition) is 4. The minimum absolute atomic E-state index is 0.301. The zero-order valence-corrected chi connectivity index (χ0v) is 20.4. The fourth-order valence-corrected chi connectivity index (χ4v) is 4.25. The van der Waals surface area contributed by atoms with E-state index in [-0.39, 0.29) is 5.91 Å². The highest BCUT2D eigenvalue weighted by molar-refractivity contribution is 6.43. The van der Waals surface area contributed by atoms with E-state index in [9.17, 15) is 4.79 Å². The number of aromatic nitrogens is 1. The zero-order valence-electron chi connectivity index (χ0n) is 18.9. The van der Waals surface area contributed by atoms with Crippen LogP contribution in [-0.2, 0) is 4.79 Å². The van der Waals surface area contributed by atoms with Gasteiger partial charge in [0.25, 0.3) is 0 Å². The number of halogens is 2. The quantitative estimate of drug-likeness (QED) is 0.245. The van der Waals surface area contributed by atoms with Gasteiger partial charge < -0.3 is 14.2 Å². The fourth-order valence-electron chi connectivity index (χ4n) is 3.85. The summed E-state index contributed by atoms with van der Waals surface area (Å²) in [7, 11) is 0. The van der Waals surface area contributed by atoms with Gasteiger partial charge in [-0.15, -0.1) is 0 Å². The summed E-state index contributed by atoms with van der Waals surface area (Å²) in [6.45, 7) is 4.03. The minimum Gasteiger partial charge on any atom is -0.457 e. The van der Waals surface area contributed by atoms with E-state index in [1.807, 2.05) is 44.2 Å². The molecule has 1 N–H and O–H groups in total. The van der Waals surface area contributed by atoms with Crippen molar-refractivity contribution in [2.75, 3.05) is 5.32 Å². The molecule has 5 rings (SSSR count). The first-order valence-corrected chi connectivity index (χ1v) is 11.6. The van der Waals surface area contributed by atoms with Gasteiger partial charge in [0, 0.05) is 22.9 Å². The molecular formula is C28H20Cl2N2O3. The number of hydrogen-bond donors (Lipinski definition) is 1. The van der Waals surface area contributed by atoms with Crippen molar-refractivity contribution in [1.29, 1.82) is 0 Å². The Kier molecular flexibility index (Phi) is 6.20. The Morgan fingerprint density at radius 1 is 0.971 bits per heavy atom. The molecule has 0 atom stereocenters. The Labute approximate surface area is 212 Å². The second-order valence-corrected chi connectivity index (χ2v) is 8.94. The van der Waals surface area contributed by atoms with E-state index in [0.29, 0.717) is 38.7 Å². The molecule has 0 bridgehead atoms. The van der Waals surface area contributed by atoms with Gasteiger partial charge in [0.2, 0.25) is 11.8 Å². The molecule has 7 heteroatoms. The lowest BCUT2D eigenvalue weighted by Gasteiger charge is -2.03. The number of nitrogens with one attached hydrogen (secondary N) is 1. The Morgan fingerprint density at radius 2 is 1.80 bits per heavy atom. The lowest BCUT2D eigenvalue weighted by molar-refractivity contribution is -0.111. The van der Waals surface area contributed by atoms with Crippen molar-refractivity contribution in [1.82, 2.24) is 4.98 Å². The molecule has 2 aromatic heterocycles. The lowest BCUT2D eigenvalue weighted by atomic mass is 10.1. The maximum Gasteiger partial charge on any atom is 0.248 e. The number of furan rings is 1. The van der Waals surface area contributed by atoms with Crippen LogP contribution in [0.5, 0.6) is 0 Å². The number of oxazole rings is 1. The van der Waals surface area contributed by atoms with E-state index in [1.165, 1.54) is 6.08 Å². The molecule has 0 aliphatic carbocycles. The molecule has 0 saturated heterocycles. The Morgan fingerprint density at radius 3 is 2.66 bits per heavy atom. The van der Waals surface area contributed by atoms with Crippen LogP contribution in [-0.4, -0.2) is 10.9 Å². The van der Waals surface area contributed by atoms with E-state index in [2.05, 4.69) is 16.4 Å². The molecular weight excluding hydrogens is 483 g/mol. The third-order valence-electron chi connectivity index (χ3n) is 5.44. The van der Waals surface area contributed by atoms with Gasteiger partial charge in [-0.25, -0.2) is 4.98 Å². The standard InChI is InChI=1S/C28H20Cl2N2O3/c1-16-13-17(2)27-23(14-16)32-28(35-27)18-5-3-6-19(15-18)31-25(33)12-10-20-9-11-24(34-20)21-7-4-8-22(29)26(21)30/h3-15H,1-2H3,(H,31,33). The molecule has 35 heavy (non-hydrogen) atoms. The molecule has 5 aromatic rings. The van der Waals surface area contributed by atoms with Crippen molar-refractivity contribution >= 4 is 52.0 Å². The zero-order chi connectivity index (χ0) is 24.5. The summed E-state index contributed by atoms with van der Waals surface area (Å²) < 4.78 is 11.8. The predicted octanol–water partition coefficient (Wildman–Crippen LogP) is 8.33. The number of amides is 1. The van der Waals surface area contributed by atoms with E-state index in [1.54, 1.807) is 36.4 Å². The number of nitrogens with zero attached hydrogens (tertiary/aromatic N) is 1. The summed E-state index contributed by atoms with van der Waals surface area (Å²) >= 11 is 12.3. The van der Waals surface area contributed by atoms with Crippen molar-refractivity contribution in [3.63, 3.8) is 0 Å². The van der Waals surface area contributed by atoms with Gasteiger partial charge in [0.05, 0.1) is 10.0 Å². The maximum atomic E-state index is 12.5. The molecule has 0 aliphatic rings. The van der Waals surface area contributed by atoms with Crippen LogP contribution in [0.4, 0.5) is 5.69 Å². The van der Waals surface area contributed by atoms with Crippen molar-refractivity contribution in [3.8, 4) is 22.8 Å². The van der Waals surface area contributed by atoms with E-state index < -0.39 is 0 Å². The van der Waals surface area contributed by atoms with Crippen LogP contribution in [0, 0.1) is 13.8 Å². The van der Waals surface area contributed by atoms with Gasteiger partial charge in [-0.1, -0.05) is 41.4 Å². The number of rotatable bonds is 5. The molecule has 3 aromatic carbocycles. The van der Waals surface area contributed by atoms with Crippen LogP contribution < -0.4 is 5.32 Å². The maximum absolute atomic E-state index is 12.5. The Balaban J connectivity index is 1.31. The predicted molar refractivity (Wildman–Crippen MR) is 141 cm³/mol. The normalized spacial score (nSPS) is 11.4. The van der Waals surface area contributed by atoms with Crippen LogP contribution in [0.1, 0.15) is 16.9 Å². The van der Waals surface area contributed by atoms with Crippen molar-refractivity contribution in [2.24, 2.45) is 0 Å². The number of anilines is 1. The summed E-state index contributed by atoms with van der Waals surface area (Å²) in [6.07, 6.45) is 2.99. The van der Waals surface area contributed by atoms with Gasteiger partial charge in [0.1, 0.15) is 17.0 Å². The van der Waals surface area contributed by atoms with Crippen LogP contribution in [0.15, 0.2) is 81.6 Å². The summed E-state index contributed by atoms with van der Waals surface area (Å²) in [5.41, 5.74) is 5.82. The van der Waals surface area contributed by atoms with Gasteiger partial charge in [-0.05, 0) is 79.6 Å². The van der Waals surface area contributed by atoms with Crippen molar-refractivity contribution < 1.29 is 13.6 Å². The molecule has 1 amide bonds. The largest absolute Gasteiger partial charge is 0.457 e. The first-order chi connectivity index (χ1) is 16.9. The highest BCUT2D eigenvalue weighted by Crippen LogP contribution is 2.34. The van der Waals surface area contributed by atoms with Gasteiger partial charge in [-0.3, -0.25) is 4.79 Å². The van der Waals surface area contributed by atoms with Gasteiger partial charge in [0.15, 0.2) is 5.58 Å². The second kappa shape index (κ2) is 9.45. The number of aryl methyl sites for hydroxylation is 2. The number of fused-ring (bicyclic) bond motifs is 1. The van der Waals surface area contributed by atoms with Crippen LogP contribution in [0.25, 0.3) is 40.0 Å². The lowest BCUT2D eigenvalue weighted by Crippen LogP contribution is -2.07. The SMILES string of the molecule is Cc1cc(C)c2oc(-c3cccc(NC(=O)C=Cc4ccc(-c5cccc(Cl)c5Cl)o4)c3)nc2c1. The van der Waals surface area contributed by atoms with Crippen LogP contribution in [0.3, 0.4) is 0 Å². The molecule has 0 saturated carbocycles. The fraction of sp³-hybridized carbons (Fsp3) is 0.0714. The summed E-state index contributed by atoms with van der Waals surface area (Å²) in [6, 6.07) is 20.3. The Hall–Kier alpha value is -3.80. The van der Waals surface area contributed by atoms with Crippen LogP contribution in [0.2, 0.25) is 10.0 Å². The Bertz CT molecular complexity index is 1600. The van der Waals surface area contributed by atoms with E-state index >= 15 is 0 Å². The summed E-state index contributed by atoms with van der Waals surface area (Å²) in [5.74, 6) is 1.28. The smallest absolute Gasteiger partial charge is 0.248 e. The van der Waals surface area contributed by atoms with Crippen LogP contribution >= 0.6 is 23.2 Å². The molecule has 5 nitrogen and oxygen atoms in total. The average molecular weight is 503 g/mol. The van der Waals surface area contributed by atoms with Gasteiger partial charge >= 0.3 is 0 Å². The first-order valence-electron chi connectivity index (χ1n) is 10.9. The number of carbonyl (C=O) groups is 1. The molecule has 174 valence electrons. The number of benzene rings is 3.